The molecule has 0 saturated carbocycles. The molecule has 1 aromatic heterocycles. The lowest BCUT2D eigenvalue weighted by Gasteiger charge is -2.38. The van der Waals surface area contributed by atoms with E-state index in [0.29, 0.717) is 43.0 Å². The Morgan fingerprint density at radius 3 is 2.62 bits per heavy atom. The summed E-state index contributed by atoms with van der Waals surface area (Å²) in [7, 11) is 0. The summed E-state index contributed by atoms with van der Waals surface area (Å²) >= 11 is 0. The number of fused-ring (bicyclic) bond motifs is 1. The molecule has 1 aliphatic heterocycles. The number of hydrogen-bond donors (Lipinski definition) is 1. The van der Waals surface area contributed by atoms with E-state index in [1.54, 1.807) is 0 Å². The number of rotatable bonds is 10. The summed E-state index contributed by atoms with van der Waals surface area (Å²) in [5, 5.41) is 2.86. The second kappa shape index (κ2) is 12.1. The number of hydrogen-bond acceptors (Lipinski definition) is 5. The van der Waals surface area contributed by atoms with Gasteiger partial charge >= 0.3 is 0 Å². The monoisotopic (exact) mass is 503 g/mol. The second-order valence-corrected chi connectivity index (χ2v) is 10.5. The van der Waals surface area contributed by atoms with Crippen LogP contribution in [0.5, 0.6) is 5.75 Å². The molecule has 7 nitrogen and oxygen atoms in total. The molecule has 4 rings (SSSR count). The number of carbonyl (C=O) groups is 2. The summed E-state index contributed by atoms with van der Waals surface area (Å²) in [6.45, 7) is 9.76. The van der Waals surface area contributed by atoms with Gasteiger partial charge in [0.05, 0.1) is 6.04 Å². The molecule has 0 spiro atoms. The molecule has 7 heteroatoms. The molecular formula is C30H37N3O4. The normalized spacial score (nSPS) is 15.1. The van der Waals surface area contributed by atoms with Gasteiger partial charge in [-0.05, 0) is 53.5 Å². The molecule has 0 saturated heterocycles. The van der Waals surface area contributed by atoms with Crippen LogP contribution >= 0.6 is 0 Å². The zero-order valence-electron chi connectivity index (χ0n) is 22.2. The molecule has 3 aromatic rings. The first-order chi connectivity index (χ1) is 17.8. The van der Waals surface area contributed by atoms with Crippen LogP contribution in [0.3, 0.4) is 0 Å². The first kappa shape index (κ1) is 26.5. The molecule has 1 aliphatic rings. The van der Waals surface area contributed by atoms with Crippen molar-refractivity contribution in [1.29, 1.82) is 0 Å². The minimum absolute atomic E-state index is 0.101. The van der Waals surface area contributed by atoms with Gasteiger partial charge in [0.1, 0.15) is 12.0 Å². The number of aromatic nitrogens is 1. The van der Waals surface area contributed by atoms with Crippen LogP contribution in [0, 0.1) is 11.8 Å². The summed E-state index contributed by atoms with van der Waals surface area (Å²) < 4.78 is 11.5. The molecule has 1 atom stereocenters. The molecule has 1 N–H and O–H groups in total. The summed E-state index contributed by atoms with van der Waals surface area (Å²) in [4.78, 5) is 31.8. The van der Waals surface area contributed by atoms with Gasteiger partial charge in [-0.1, -0.05) is 64.1 Å². The number of ether oxygens (including phenoxy) is 1. The Labute approximate surface area is 219 Å². The summed E-state index contributed by atoms with van der Waals surface area (Å²) in [5.74, 6) is 1.73. The lowest BCUT2D eigenvalue weighted by Crippen LogP contribution is -2.41. The highest BCUT2D eigenvalue weighted by atomic mass is 16.5. The average Bonchev–Trinajstić information content (AvgIpc) is 3.36. The first-order valence-corrected chi connectivity index (χ1v) is 13.1. The maximum Gasteiger partial charge on any atom is 0.273 e. The predicted molar refractivity (Wildman–Crippen MR) is 142 cm³/mol. The second-order valence-electron chi connectivity index (χ2n) is 10.5. The van der Waals surface area contributed by atoms with E-state index >= 15 is 0 Å². The van der Waals surface area contributed by atoms with Crippen molar-refractivity contribution in [2.45, 2.75) is 59.6 Å². The average molecular weight is 504 g/mol. The molecule has 2 heterocycles. The Morgan fingerprint density at radius 2 is 1.89 bits per heavy atom. The van der Waals surface area contributed by atoms with Crippen LogP contribution in [0.15, 0.2) is 59.2 Å². The minimum Gasteiger partial charge on any atom is -0.484 e. The number of carbonyl (C=O) groups excluding carboxylic acids is 2. The van der Waals surface area contributed by atoms with Crippen LogP contribution < -0.4 is 10.1 Å². The molecule has 2 amide bonds. The number of nitrogens with one attached hydrogen (secondary N) is 1. The van der Waals surface area contributed by atoms with Crippen molar-refractivity contribution in [1.82, 2.24) is 15.2 Å². The van der Waals surface area contributed by atoms with Gasteiger partial charge in [0.25, 0.3) is 5.91 Å². The Kier molecular flexibility index (Phi) is 8.64. The number of amides is 2. The SMILES string of the molecule is CC(C)CCNC(=O)c1coc(COc2ccc3c(c2)C(c2ccccc2)N(C(=O)CC(C)C)CC3)n1. The first-order valence-electron chi connectivity index (χ1n) is 13.1. The van der Waals surface area contributed by atoms with E-state index < -0.39 is 0 Å². The zero-order valence-corrected chi connectivity index (χ0v) is 22.2. The largest absolute Gasteiger partial charge is 0.484 e. The van der Waals surface area contributed by atoms with Gasteiger partial charge < -0.3 is 19.4 Å². The fourth-order valence-corrected chi connectivity index (χ4v) is 4.60. The number of nitrogens with zero attached hydrogens (tertiary/aromatic N) is 2. The highest BCUT2D eigenvalue weighted by Crippen LogP contribution is 2.37. The van der Waals surface area contributed by atoms with Crippen LogP contribution in [-0.2, 0) is 17.8 Å². The van der Waals surface area contributed by atoms with Crippen LogP contribution in [0.2, 0.25) is 0 Å². The van der Waals surface area contributed by atoms with Crippen molar-refractivity contribution in [2.75, 3.05) is 13.1 Å². The smallest absolute Gasteiger partial charge is 0.273 e. The van der Waals surface area contributed by atoms with E-state index in [4.69, 9.17) is 9.15 Å². The Hall–Kier alpha value is -3.61. The standard InChI is InChI=1S/C30H37N3O4/c1-20(2)12-14-31-30(35)26-18-37-27(32-26)19-36-24-11-10-22-13-15-33(28(34)16-21(3)4)29(25(22)17-24)23-8-6-5-7-9-23/h5-11,17-18,20-21,29H,12-16,19H2,1-4H3,(H,31,35). The van der Waals surface area contributed by atoms with Gasteiger partial charge in [0, 0.05) is 19.5 Å². The third kappa shape index (κ3) is 6.79. The third-order valence-corrected chi connectivity index (χ3v) is 6.52. The van der Waals surface area contributed by atoms with Gasteiger partial charge in [-0.2, -0.15) is 0 Å². The Morgan fingerprint density at radius 1 is 1.11 bits per heavy atom. The summed E-state index contributed by atoms with van der Waals surface area (Å²) in [6.07, 6.45) is 3.59. The minimum atomic E-state index is -0.249. The van der Waals surface area contributed by atoms with Crippen LogP contribution in [-0.4, -0.2) is 34.8 Å². The van der Waals surface area contributed by atoms with Crippen molar-refractivity contribution in [3.8, 4) is 5.75 Å². The molecule has 196 valence electrons. The van der Waals surface area contributed by atoms with Crippen LogP contribution in [0.25, 0.3) is 0 Å². The van der Waals surface area contributed by atoms with Crippen molar-refractivity contribution < 1.29 is 18.7 Å². The van der Waals surface area contributed by atoms with Crippen molar-refractivity contribution in [3.05, 3.63) is 83.1 Å². The number of benzene rings is 2. The molecule has 0 fully saturated rings. The van der Waals surface area contributed by atoms with E-state index in [9.17, 15) is 9.59 Å². The highest BCUT2D eigenvalue weighted by molar-refractivity contribution is 5.91. The van der Waals surface area contributed by atoms with Crippen molar-refractivity contribution in [2.24, 2.45) is 11.8 Å². The molecule has 0 aliphatic carbocycles. The topological polar surface area (TPSA) is 84.7 Å². The van der Waals surface area contributed by atoms with E-state index in [1.165, 1.54) is 11.8 Å². The summed E-state index contributed by atoms with van der Waals surface area (Å²) in [6, 6.07) is 16.0. The molecule has 0 bridgehead atoms. The van der Waals surface area contributed by atoms with E-state index in [0.717, 1.165) is 24.0 Å². The number of oxazole rings is 1. The molecule has 37 heavy (non-hydrogen) atoms. The van der Waals surface area contributed by atoms with Gasteiger partial charge in [0.2, 0.25) is 11.8 Å². The van der Waals surface area contributed by atoms with E-state index in [2.05, 4.69) is 56.2 Å². The van der Waals surface area contributed by atoms with Gasteiger partial charge in [-0.25, -0.2) is 4.98 Å². The van der Waals surface area contributed by atoms with Crippen molar-refractivity contribution >= 4 is 11.8 Å². The van der Waals surface area contributed by atoms with Gasteiger partial charge in [-0.3, -0.25) is 9.59 Å². The highest BCUT2D eigenvalue weighted by Gasteiger charge is 2.32. The fourth-order valence-electron chi connectivity index (χ4n) is 4.60. The maximum absolute atomic E-state index is 13.2. The van der Waals surface area contributed by atoms with Gasteiger partial charge in [-0.15, -0.1) is 0 Å². The fraction of sp³-hybridized carbons (Fsp3) is 0.433. The maximum atomic E-state index is 13.2. The molecule has 1 unspecified atom stereocenters. The van der Waals surface area contributed by atoms with E-state index in [-0.39, 0.29) is 30.2 Å². The third-order valence-electron chi connectivity index (χ3n) is 6.52. The molecular weight excluding hydrogens is 466 g/mol. The Balaban J connectivity index is 1.49. The quantitative estimate of drug-likeness (QED) is 0.392. The van der Waals surface area contributed by atoms with Crippen molar-refractivity contribution in [3.63, 3.8) is 0 Å². The van der Waals surface area contributed by atoms with Crippen LogP contribution in [0.4, 0.5) is 0 Å². The van der Waals surface area contributed by atoms with Crippen LogP contribution in [0.1, 0.15) is 79.6 Å². The molecule has 0 radical (unpaired) electrons. The lowest BCUT2D eigenvalue weighted by atomic mass is 9.87. The predicted octanol–water partition coefficient (Wildman–Crippen LogP) is 5.55. The lowest BCUT2D eigenvalue weighted by molar-refractivity contribution is -0.134. The summed E-state index contributed by atoms with van der Waals surface area (Å²) in [5.41, 5.74) is 3.62. The molecule has 2 aromatic carbocycles. The van der Waals surface area contributed by atoms with Gasteiger partial charge in [0.15, 0.2) is 12.3 Å². The van der Waals surface area contributed by atoms with E-state index in [1.807, 2.05) is 35.2 Å². The Bertz CT molecular complexity index is 1200. The zero-order chi connectivity index (χ0) is 26.4.